The molecule has 3 heteroatoms. The Balaban J connectivity index is 2.81. The van der Waals surface area contributed by atoms with Crippen LogP contribution in [0.3, 0.4) is 0 Å². The Morgan fingerprint density at radius 2 is 2.38 bits per heavy atom. The van der Waals surface area contributed by atoms with E-state index in [0.29, 0.717) is 0 Å². The fourth-order valence-corrected chi connectivity index (χ4v) is 1.79. The number of hydrogen-bond acceptors (Lipinski definition) is 3. The Labute approximate surface area is 97.7 Å². The monoisotopic (exact) mass is 219 g/mol. The molecule has 1 aromatic heterocycles. The van der Waals surface area contributed by atoms with Gasteiger partial charge in [-0.05, 0) is 43.4 Å². The standard InChI is InChI=1S/C13H21N3/c1-4-11-9-15-8-7-12(11)13(16-14)6-5-10(2)3/h7-9,13,16H,2,4-6,14H2,1,3H3. The van der Waals surface area contributed by atoms with E-state index in [1.165, 1.54) is 16.7 Å². The van der Waals surface area contributed by atoms with E-state index in [9.17, 15) is 0 Å². The van der Waals surface area contributed by atoms with Crippen molar-refractivity contribution in [2.45, 2.75) is 39.2 Å². The minimum absolute atomic E-state index is 0.189. The van der Waals surface area contributed by atoms with E-state index >= 15 is 0 Å². The summed E-state index contributed by atoms with van der Waals surface area (Å²) >= 11 is 0. The first kappa shape index (κ1) is 12.9. The molecular formula is C13H21N3. The second kappa shape index (κ2) is 6.40. The molecule has 0 spiro atoms. The topological polar surface area (TPSA) is 50.9 Å². The van der Waals surface area contributed by atoms with Crippen LogP contribution in [0.5, 0.6) is 0 Å². The van der Waals surface area contributed by atoms with Gasteiger partial charge in [-0.2, -0.15) is 0 Å². The zero-order valence-electron chi connectivity index (χ0n) is 10.2. The van der Waals surface area contributed by atoms with Crippen molar-refractivity contribution in [2.24, 2.45) is 5.84 Å². The summed E-state index contributed by atoms with van der Waals surface area (Å²) in [6.45, 7) is 8.09. The van der Waals surface area contributed by atoms with Gasteiger partial charge in [0, 0.05) is 18.4 Å². The number of nitrogens with two attached hydrogens (primary N) is 1. The number of aromatic nitrogens is 1. The van der Waals surface area contributed by atoms with E-state index in [1.54, 1.807) is 0 Å². The lowest BCUT2D eigenvalue weighted by Crippen LogP contribution is -2.28. The van der Waals surface area contributed by atoms with Crippen molar-refractivity contribution in [1.29, 1.82) is 0 Å². The van der Waals surface area contributed by atoms with Crippen molar-refractivity contribution in [1.82, 2.24) is 10.4 Å². The first-order valence-electron chi connectivity index (χ1n) is 5.72. The van der Waals surface area contributed by atoms with Gasteiger partial charge in [-0.25, -0.2) is 0 Å². The molecule has 0 amide bonds. The fraction of sp³-hybridized carbons (Fsp3) is 0.462. The predicted octanol–water partition coefficient (Wildman–Crippen LogP) is 2.50. The first-order valence-corrected chi connectivity index (χ1v) is 5.72. The largest absolute Gasteiger partial charge is 0.271 e. The van der Waals surface area contributed by atoms with Crippen molar-refractivity contribution >= 4 is 0 Å². The Morgan fingerprint density at radius 3 is 2.94 bits per heavy atom. The molecule has 16 heavy (non-hydrogen) atoms. The second-order valence-corrected chi connectivity index (χ2v) is 4.14. The van der Waals surface area contributed by atoms with Gasteiger partial charge in [0.05, 0.1) is 0 Å². The van der Waals surface area contributed by atoms with E-state index < -0.39 is 0 Å². The number of allylic oxidation sites excluding steroid dienone is 1. The van der Waals surface area contributed by atoms with Crippen molar-refractivity contribution in [3.63, 3.8) is 0 Å². The summed E-state index contributed by atoms with van der Waals surface area (Å²) in [4.78, 5) is 4.14. The molecule has 3 nitrogen and oxygen atoms in total. The maximum atomic E-state index is 5.61. The summed E-state index contributed by atoms with van der Waals surface area (Å²) in [5.41, 5.74) is 6.57. The Hall–Kier alpha value is -1.19. The fourth-order valence-electron chi connectivity index (χ4n) is 1.79. The molecular weight excluding hydrogens is 198 g/mol. The van der Waals surface area contributed by atoms with Gasteiger partial charge in [0.1, 0.15) is 0 Å². The summed E-state index contributed by atoms with van der Waals surface area (Å²) in [6, 6.07) is 2.23. The third-order valence-corrected chi connectivity index (χ3v) is 2.76. The Kier molecular flexibility index (Phi) is 5.15. The summed E-state index contributed by atoms with van der Waals surface area (Å²) in [5.74, 6) is 5.61. The normalized spacial score (nSPS) is 12.4. The molecule has 0 aromatic carbocycles. The lowest BCUT2D eigenvalue weighted by Gasteiger charge is -2.19. The van der Waals surface area contributed by atoms with Crippen LogP contribution >= 0.6 is 0 Å². The molecule has 0 saturated carbocycles. The van der Waals surface area contributed by atoms with Gasteiger partial charge >= 0.3 is 0 Å². The lowest BCUT2D eigenvalue weighted by atomic mass is 9.96. The third kappa shape index (κ3) is 3.43. The van der Waals surface area contributed by atoms with Crippen LogP contribution in [0.4, 0.5) is 0 Å². The van der Waals surface area contributed by atoms with Crippen molar-refractivity contribution in [2.75, 3.05) is 0 Å². The molecule has 3 N–H and O–H groups in total. The van der Waals surface area contributed by atoms with Crippen molar-refractivity contribution < 1.29 is 0 Å². The van der Waals surface area contributed by atoms with Gasteiger partial charge in [-0.15, -0.1) is 6.58 Å². The molecule has 0 saturated heterocycles. The highest BCUT2D eigenvalue weighted by Gasteiger charge is 2.12. The first-order chi connectivity index (χ1) is 7.69. The van der Waals surface area contributed by atoms with Crippen LogP contribution in [0.2, 0.25) is 0 Å². The average molecular weight is 219 g/mol. The second-order valence-electron chi connectivity index (χ2n) is 4.14. The SMILES string of the molecule is C=C(C)CCC(NN)c1ccncc1CC. The molecule has 0 bridgehead atoms. The highest BCUT2D eigenvalue weighted by molar-refractivity contribution is 5.26. The number of hydrogen-bond donors (Lipinski definition) is 2. The minimum Gasteiger partial charge on any atom is -0.271 e. The van der Waals surface area contributed by atoms with E-state index in [0.717, 1.165) is 19.3 Å². The van der Waals surface area contributed by atoms with E-state index in [-0.39, 0.29) is 6.04 Å². The third-order valence-electron chi connectivity index (χ3n) is 2.76. The summed E-state index contributed by atoms with van der Waals surface area (Å²) in [7, 11) is 0. The summed E-state index contributed by atoms with van der Waals surface area (Å²) in [5, 5.41) is 0. The van der Waals surface area contributed by atoms with Crippen LogP contribution in [0.25, 0.3) is 0 Å². The Bertz CT molecular complexity index is 347. The number of pyridine rings is 1. The zero-order chi connectivity index (χ0) is 12.0. The van der Waals surface area contributed by atoms with Gasteiger partial charge in [-0.1, -0.05) is 12.5 Å². The number of rotatable bonds is 6. The number of hydrazine groups is 1. The van der Waals surface area contributed by atoms with Gasteiger partial charge < -0.3 is 0 Å². The number of nitrogens with zero attached hydrogens (tertiary/aromatic N) is 1. The number of nitrogens with one attached hydrogen (secondary N) is 1. The van der Waals surface area contributed by atoms with E-state index in [4.69, 9.17) is 5.84 Å². The molecule has 1 rings (SSSR count). The van der Waals surface area contributed by atoms with Crippen LogP contribution in [0.1, 0.15) is 43.9 Å². The zero-order valence-corrected chi connectivity index (χ0v) is 10.2. The number of aryl methyl sites for hydroxylation is 1. The molecule has 0 aliphatic rings. The molecule has 1 aromatic rings. The molecule has 1 heterocycles. The maximum absolute atomic E-state index is 5.61. The highest BCUT2D eigenvalue weighted by Crippen LogP contribution is 2.22. The van der Waals surface area contributed by atoms with Crippen LogP contribution < -0.4 is 11.3 Å². The molecule has 0 aliphatic carbocycles. The molecule has 88 valence electrons. The molecule has 0 radical (unpaired) electrons. The maximum Gasteiger partial charge on any atom is 0.0466 e. The quantitative estimate of drug-likeness (QED) is 0.439. The van der Waals surface area contributed by atoms with Gasteiger partial charge in [0.2, 0.25) is 0 Å². The molecule has 1 atom stereocenters. The van der Waals surface area contributed by atoms with Gasteiger partial charge in [0.15, 0.2) is 0 Å². The molecule has 0 aliphatic heterocycles. The lowest BCUT2D eigenvalue weighted by molar-refractivity contribution is 0.511. The van der Waals surface area contributed by atoms with Crippen molar-refractivity contribution in [3.05, 3.63) is 41.7 Å². The van der Waals surface area contributed by atoms with Crippen LogP contribution in [0, 0.1) is 0 Å². The summed E-state index contributed by atoms with van der Waals surface area (Å²) < 4.78 is 0. The molecule has 1 unspecified atom stereocenters. The van der Waals surface area contributed by atoms with Crippen molar-refractivity contribution in [3.8, 4) is 0 Å². The highest BCUT2D eigenvalue weighted by atomic mass is 15.2. The predicted molar refractivity (Wildman–Crippen MR) is 67.7 cm³/mol. The van der Waals surface area contributed by atoms with Crippen LogP contribution in [-0.4, -0.2) is 4.98 Å². The Morgan fingerprint density at radius 1 is 1.62 bits per heavy atom. The molecule has 0 fully saturated rings. The van der Waals surface area contributed by atoms with Gasteiger partial charge in [-0.3, -0.25) is 16.3 Å². The van der Waals surface area contributed by atoms with Crippen LogP contribution in [-0.2, 0) is 6.42 Å². The smallest absolute Gasteiger partial charge is 0.0466 e. The van der Waals surface area contributed by atoms with E-state index in [2.05, 4.69) is 23.9 Å². The summed E-state index contributed by atoms with van der Waals surface area (Å²) in [6.07, 6.45) is 6.68. The van der Waals surface area contributed by atoms with Gasteiger partial charge in [0.25, 0.3) is 0 Å². The average Bonchev–Trinajstić information content (AvgIpc) is 2.30. The van der Waals surface area contributed by atoms with Crippen LogP contribution in [0.15, 0.2) is 30.6 Å². The van der Waals surface area contributed by atoms with E-state index in [1.807, 2.05) is 25.4 Å². The minimum atomic E-state index is 0.189.